The summed E-state index contributed by atoms with van der Waals surface area (Å²) < 4.78 is 0. The minimum atomic E-state index is 0.462. The quantitative estimate of drug-likeness (QED) is 0.465. The van der Waals surface area contributed by atoms with Gasteiger partial charge in [-0.2, -0.15) is 0 Å². The summed E-state index contributed by atoms with van der Waals surface area (Å²) in [6.45, 7) is 10.3. The molecule has 1 N–H and O–H groups in total. The number of aromatic amines is 1. The third-order valence-electron chi connectivity index (χ3n) is 6.64. The lowest BCUT2D eigenvalue weighted by Crippen LogP contribution is -2.35. The van der Waals surface area contributed by atoms with Gasteiger partial charge in [0.15, 0.2) is 0 Å². The fourth-order valence-corrected chi connectivity index (χ4v) is 4.80. The minimum Gasteiger partial charge on any atom is -0.356 e. The van der Waals surface area contributed by atoms with E-state index in [1.54, 1.807) is 0 Å². The van der Waals surface area contributed by atoms with Gasteiger partial charge in [0.05, 0.1) is 11.0 Å². The Balaban J connectivity index is 1.37. The van der Waals surface area contributed by atoms with Gasteiger partial charge < -0.3 is 9.88 Å². The third-order valence-corrected chi connectivity index (χ3v) is 6.64. The number of aromatic nitrogens is 4. The van der Waals surface area contributed by atoms with Crippen molar-refractivity contribution in [2.75, 3.05) is 18.0 Å². The number of imidazole rings is 1. The average molecular weight is 426 g/mol. The van der Waals surface area contributed by atoms with Gasteiger partial charge in [0, 0.05) is 36.7 Å². The van der Waals surface area contributed by atoms with Gasteiger partial charge in [0.2, 0.25) is 0 Å². The summed E-state index contributed by atoms with van der Waals surface area (Å²) in [6, 6.07) is 15.2. The van der Waals surface area contributed by atoms with Gasteiger partial charge >= 0.3 is 0 Å². The first-order valence-electron chi connectivity index (χ1n) is 11.6. The molecule has 1 fully saturated rings. The summed E-state index contributed by atoms with van der Waals surface area (Å²) in [7, 11) is 0. The lowest BCUT2D eigenvalue weighted by atomic mass is 9.95. The highest BCUT2D eigenvalue weighted by Gasteiger charge is 2.26. The van der Waals surface area contributed by atoms with Gasteiger partial charge in [-0.05, 0) is 63.8 Å². The summed E-state index contributed by atoms with van der Waals surface area (Å²) in [6.07, 6.45) is 3.01. The molecule has 0 amide bonds. The van der Waals surface area contributed by atoms with Crippen LogP contribution in [0.4, 0.5) is 5.82 Å². The number of fused-ring (bicyclic) bond motifs is 1. The number of benzene rings is 2. The Hall–Kier alpha value is -3.21. The predicted molar refractivity (Wildman–Crippen MR) is 131 cm³/mol. The molecule has 1 aliphatic rings. The number of anilines is 1. The second kappa shape index (κ2) is 8.38. The molecule has 3 heterocycles. The normalized spacial score (nSPS) is 14.9. The zero-order valence-corrected chi connectivity index (χ0v) is 19.4. The fourth-order valence-electron chi connectivity index (χ4n) is 4.80. The zero-order valence-electron chi connectivity index (χ0n) is 19.4. The Morgan fingerprint density at radius 3 is 2.34 bits per heavy atom. The molecule has 5 heteroatoms. The molecule has 0 saturated carbocycles. The molecule has 0 unspecified atom stereocenters. The molecular formula is C27H31N5. The Morgan fingerprint density at radius 1 is 0.875 bits per heavy atom. The van der Waals surface area contributed by atoms with Crippen molar-refractivity contribution in [2.45, 2.75) is 52.9 Å². The van der Waals surface area contributed by atoms with Crippen LogP contribution in [0.2, 0.25) is 0 Å². The van der Waals surface area contributed by atoms with E-state index in [4.69, 9.17) is 9.97 Å². The van der Waals surface area contributed by atoms with Crippen LogP contribution in [0.15, 0.2) is 42.5 Å². The summed E-state index contributed by atoms with van der Waals surface area (Å²) in [5.41, 5.74) is 8.40. The fraction of sp³-hybridized carbons (Fsp3) is 0.370. The van der Waals surface area contributed by atoms with E-state index in [2.05, 4.69) is 78.1 Å². The minimum absolute atomic E-state index is 0.462. The summed E-state index contributed by atoms with van der Waals surface area (Å²) >= 11 is 0. The monoisotopic (exact) mass is 425 g/mol. The third kappa shape index (κ3) is 4.12. The van der Waals surface area contributed by atoms with Crippen LogP contribution in [0, 0.1) is 27.7 Å². The lowest BCUT2D eigenvalue weighted by Gasteiger charge is -2.33. The molecule has 1 aliphatic heterocycles. The molecule has 4 aromatic rings. The van der Waals surface area contributed by atoms with Gasteiger partial charge in [-0.3, -0.25) is 0 Å². The first kappa shape index (κ1) is 20.7. The van der Waals surface area contributed by atoms with Crippen molar-refractivity contribution < 1.29 is 0 Å². The highest BCUT2D eigenvalue weighted by Crippen LogP contribution is 2.32. The topological polar surface area (TPSA) is 57.7 Å². The number of piperidine rings is 1. The number of H-pyrrole nitrogens is 1. The first-order chi connectivity index (χ1) is 15.5. The van der Waals surface area contributed by atoms with Crippen LogP contribution in [0.25, 0.3) is 11.0 Å². The van der Waals surface area contributed by atoms with Crippen LogP contribution in [-0.4, -0.2) is 33.0 Å². The Morgan fingerprint density at radius 2 is 1.59 bits per heavy atom. The Labute approximate surface area is 189 Å². The van der Waals surface area contributed by atoms with Crippen molar-refractivity contribution in [3.63, 3.8) is 0 Å². The van der Waals surface area contributed by atoms with Crippen molar-refractivity contribution >= 4 is 16.9 Å². The molecular weight excluding hydrogens is 394 g/mol. The molecule has 0 radical (unpaired) electrons. The molecule has 164 valence electrons. The van der Waals surface area contributed by atoms with Crippen LogP contribution in [-0.2, 0) is 6.42 Å². The highest BCUT2D eigenvalue weighted by molar-refractivity contribution is 5.75. The highest BCUT2D eigenvalue weighted by atomic mass is 15.2. The van der Waals surface area contributed by atoms with Gasteiger partial charge in [-0.15, -0.1) is 0 Å². The predicted octanol–water partition coefficient (Wildman–Crippen LogP) is 5.56. The second-order valence-corrected chi connectivity index (χ2v) is 9.22. The molecule has 1 saturated heterocycles. The summed E-state index contributed by atoms with van der Waals surface area (Å²) in [5, 5.41) is 0. The van der Waals surface area contributed by atoms with E-state index >= 15 is 0 Å². The average Bonchev–Trinajstić information content (AvgIpc) is 3.20. The standard InChI is InChI=1S/C27H31N5/c1-17-5-8-21(9-6-17)16-23-19(3)28-20(4)29-27(23)32-13-11-22(12-14-32)26-30-24-10-7-18(2)15-25(24)31-26/h5-10,15,22H,11-14,16H2,1-4H3,(H,30,31). The Bertz CT molecular complexity index is 1250. The van der Waals surface area contributed by atoms with Crippen LogP contribution in [0.5, 0.6) is 0 Å². The maximum atomic E-state index is 4.90. The van der Waals surface area contributed by atoms with E-state index in [0.717, 1.165) is 66.5 Å². The Kier molecular flexibility index (Phi) is 5.41. The molecule has 2 aromatic heterocycles. The maximum Gasteiger partial charge on any atom is 0.136 e. The van der Waals surface area contributed by atoms with Crippen LogP contribution in [0.3, 0.4) is 0 Å². The largest absolute Gasteiger partial charge is 0.356 e. The number of hydrogen-bond acceptors (Lipinski definition) is 4. The van der Waals surface area contributed by atoms with E-state index in [-0.39, 0.29) is 0 Å². The summed E-state index contributed by atoms with van der Waals surface area (Å²) in [4.78, 5) is 20.5. The SMILES string of the molecule is Cc1ccc(Cc2c(C)nc(C)nc2N2CCC(c3nc4ccc(C)cc4[nH]3)CC2)cc1. The number of nitrogens with one attached hydrogen (secondary N) is 1. The van der Waals surface area contributed by atoms with Gasteiger partial charge in [-0.1, -0.05) is 35.9 Å². The van der Waals surface area contributed by atoms with Crippen molar-refractivity contribution in [1.82, 2.24) is 19.9 Å². The number of hydrogen-bond donors (Lipinski definition) is 1. The van der Waals surface area contributed by atoms with Gasteiger partial charge in [-0.25, -0.2) is 15.0 Å². The summed E-state index contributed by atoms with van der Waals surface area (Å²) in [5.74, 6) is 3.54. The molecule has 2 aromatic carbocycles. The van der Waals surface area contributed by atoms with Gasteiger partial charge in [0.1, 0.15) is 17.5 Å². The molecule has 0 bridgehead atoms. The molecule has 32 heavy (non-hydrogen) atoms. The number of rotatable bonds is 4. The molecule has 0 atom stereocenters. The van der Waals surface area contributed by atoms with Crippen molar-refractivity contribution in [3.05, 3.63) is 82.1 Å². The van der Waals surface area contributed by atoms with Crippen molar-refractivity contribution in [2.24, 2.45) is 0 Å². The number of nitrogens with zero attached hydrogens (tertiary/aromatic N) is 4. The van der Waals surface area contributed by atoms with E-state index in [0.29, 0.717) is 5.92 Å². The van der Waals surface area contributed by atoms with Crippen molar-refractivity contribution in [3.8, 4) is 0 Å². The van der Waals surface area contributed by atoms with E-state index < -0.39 is 0 Å². The molecule has 0 aliphatic carbocycles. The number of aryl methyl sites for hydroxylation is 4. The first-order valence-corrected chi connectivity index (χ1v) is 11.6. The van der Waals surface area contributed by atoms with E-state index in [1.165, 1.54) is 22.3 Å². The lowest BCUT2D eigenvalue weighted by molar-refractivity contribution is 0.486. The molecule has 5 rings (SSSR count). The maximum absolute atomic E-state index is 4.90. The van der Waals surface area contributed by atoms with Crippen LogP contribution >= 0.6 is 0 Å². The molecule has 5 nitrogen and oxygen atoms in total. The van der Waals surface area contributed by atoms with E-state index in [1.807, 2.05) is 6.92 Å². The second-order valence-electron chi connectivity index (χ2n) is 9.22. The van der Waals surface area contributed by atoms with Gasteiger partial charge in [0.25, 0.3) is 0 Å². The zero-order chi connectivity index (χ0) is 22.2. The van der Waals surface area contributed by atoms with Crippen LogP contribution in [0.1, 0.15) is 58.4 Å². The van der Waals surface area contributed by atoms with Crippen LogP contribution < -0.4 is 4.90 Å². The smallest absolute Gasteiger partial charge is 0.136 e. The molecule has 0 spiro atoms. The van der Waals surface area contributed by atoms with E-state index in [9.17, 15) is 0 Å². The van der Waals surface area contributed by atoms with Crippen molar-refractivity contribution in [1.29, 1.82) is 0 Å².